The predicted molar refractivity (Wildman–Crippen MR) is 55.9 cm³/mol. The number of thiocarbonyl (C=S) groups is 1. The first kappa shape index (κ1) is 16.5. The molecule has 0 fully saturated rings. The molecule has 102 valence electrons. The first-order valence-electron chi connectivity index (χ1n) is 4.65. The van der Waals surface area contributed by atoms with Gasteiger partial charge in [0.1, 0.15) is 5.92 Å². The molecule has 0 spiro atoms. The number of nitrogens with zero attached hydrogens (tertiary/aromatic N) is 1. The lowest BCUT2D eigenvalue weighted by atomic mass is 10.1. The molecule has 0 rings (SSSR count). The molecule has 0 aliphatic carbocycles. The Hall–Kier alpha value is -0.540. The highest BCUT2D eigenvalue weighted by Gasteiger charge is 2.42. The number of halogens is 5. The molecule has 0 heterocycles. The topological polar surface area (TPSA) is 49.5 Å². The lowest BCUT2D eigenvalue weighted by Gasteiger charge is -2.27. The molecule has 17 heavy (non-hydrogen) atoms. The van der Waals surface area contributed by atoms with Gasteiger partial charge in [0.25, 0.3) is 6.43 Å². The maximum absolute atomic E-state index is 12.5. The van der Waals surface area contributed by atoms with Gasteiger partial charge in [0.15, 0.2) is 0 Å². The van der Waals surface area contributed by atoms with Crippen LogP contribution in [-0.4, -0.2) is 53.8 Å². The van der Waals surface area contributed by atoms with Gasteiger partial charge >= 0.3 is 6.18 Å². The molecule has 0 amide bonds. The molecule has 0 radical (unpaired) electrons. The number of hydrogen-bond acceptors (Lipinski definition) is 3. The zero-order valence-electron chi connectivity index (χ0n) is 8.75. The minimum atomic E-state index is -4.68. The van der Waals surface area contributed by atoms with Gasteiger partial charge in [-0.15, -0.1) is 0 Å². The molecule has 0 aliphatic rings. The van der Waals surface area contributed by atoms with Crippen molar-refractivity contribution in [2.24, 2.45) is 11.7 Å². The third kappa shape index (κ3) is 6.69. The molecular weight excluding hydrogens is 267 g/mol. The SMILES string of the molecule is NC(=S)C(CN(CCO)CC(F)F)C(F)(F)F. The van der Waals surface area contributed by atoms with Crippen molar-refractivity contribution >= 4 is 17.2 Å². The zero-order chi connectivity index (χ0) is 13.6. The number of aliphatic hydroxyl groups excluding tert-OH is 1. The quantitative estimate of drug-likeness (QED) is 0.540. The van der Waals surface area contributed by atoms with Crippen molar-refractivity contribution in [1.82, 2.24) is 4.90 Å². The second-order valence-corrected chi connectivity index (χ2v) is 3.84. The second-order valence-electron chi connectivity index (χ2n) is 3.37. The van der Waals surface area contributed by atoms with Gasteiger partial charge in [0.2, 0.25) is 0 Å². The summed E-state index contributed by atoms with van der Waals surface area (Å²) in [6, 6.07) is 0. The number of alkyl halides is 5. The lowest BCUT2D eigenvalue weighted by Crippen LogP contribution is -2.45. The minimum Gasteiger partial charge on any atom is -0.395 e. The van der Waals surface area contributed by atoms with Crippen LogP contribution in [0.5, 0.6) is 0 Å². The van der Waals surface area contributed by atoms with Crippen LogP contribution in [0.1, 0.15) is 0 Å². The largest absolute Gasteiger partial charge is 0.399 e. The van der Waals surface area contributed by atoms with Gasteiger partial charge in [0.05, 0.1) is 18.1 Å². The average molecular weight is 280 g/mol. The van der Waals surface area contributed by atoms with Gasteiger partial charge < -0.3 is 10.8 Å². The van der Waals surface area contributed by atoms with E-state index < -0.39 is 43.2 Å². The standard InChI is InChI=1S/C8H13F5N2OS/c9-6(10)4-15(1-2-16)3-5(7(14)17)8(11,12)13/h5-6,16H,1-4H2,(H2,14,17). The van der Waals surface area contributed by atoms with E-state index in [1.54, 1.807) is 0 Å². The molecule has 0 aromatic carbocycles. The van der Waals surface area contributed by atoms with Gasteiger partial charge in [-0.05, 0) is 0 Å². The van der Waals surface area contributed by atoms with Crippen LogP contribution in [0.15, 0.2) is 0 Å². The van der Waals surface area contributed by atoms with Crippen LogP contribution in [0.4, 0.5) is 22.0 Å². The van der Waals surface area contributed by atoms with Crippen LogP contribution in [0.2, 0.25) is 0 Å². The Morgan fingerprint density at radius 1 is 1.29 bits per heavy atom. The summed E-state index contributed by atoms with van der Waals surface area (Å²) < 4.78 is 61.6. The van der Waals surface area contributed by atoms with Crippen molar-refractivity contribution in [3.8, 4) is 0 Å². The van der Waals surface area contributed by atoms with Gasteiger partial charge in [0, 0.05) is 13.1 Å². The van der Waals surface area contributed by atoms with E-state index in [9.17, 15) is 22.0 Å². The Morgan fingerprint density at radius 3 is 2.12 bits per heavy atom. The van der Waals surface area contributed by atoms with Crippen molar-refractivity contribution in [3.63, 3.8) is 0 Å². The zero-order valence-corrected chi connectivity index (χ0v) is 9.57. The van der Waals surface area contributed by atoms with Gasteiger partial charge in [-0.2, -0.15) is 13.2 Å². The van der Waals surface area contributed by atoms with Crippen molar-refractivity contribution in [1.29, 1.82) is 0 Å². The monoisotopic (exact) mass is 280 g/mol. The number of rotatable bonds is 7. The lowest BCUT2D eigenvalue weighted by molar-refractivity contribution is -0.160. The molecule has 0 aliphatic heterocycles. The van der Waals surface area contributed by atoms with Crippen molar-refractivity contribution < 1.29 is 27.1 Å². The normalized spacial score (nSPS) is 14.4. The Labute approximate surface area is 100 Å². The van der Waals surface area contributed by atoms with Crippen molar-refractivity contribution in [2.45, 2.75) is 12.6 Å². The molecule has 0 saturated heterocycles. The summed E-state index contributed by atoms with van der Waals surface area (Å²) in [7, 11) is 0. The Bertz CT molecular complexity index is 249. The Balaban J connectivity index is 4.62. The summed E-state index contributed by atoms with van der Waals surface area (Å²) in [4.78, 5) is -0.0168. The first-order valence-corrected chi connectivity index (χ1v) is 5.06. The molecule has 3 N–H and O–H groups in total. The molecule has 9 heteroatoms. The summed E-state index contributed by atoms with van der Waals surface area (Å²) in [5.74, 6) is -2.15. The van der Waals surface area contributed by atoms with Gasteiger partial charge in [-0.1, -0.05) is 12.2 Å². The van der Waals surface area contributed by atoms with Crippen LogP contribution in [-0.2, 0) is 0 Å². The maximum Gasteiger partial charge on any atom is 0.399 e. The third-order valence-electron chi connectivity index (χ3n) is 1.99. The fourth-order valence-corrected chi connectivity index (χ4v) is 1.41. The van der Waals surface area contributed by atoms with Crippen LogP contribution in [0, 0.1) is 5.92 Å². The summed E-state index contributed by atoms with van der Waals surface area (Å²) >= 11 is 4.26. The van der Waals surface area contributed by atoms with E-state index in [0.29, 0.717) is 0 Å². The van der Waals surface area contributed by atoms with E-state index in [-0.39, 0.29) is 6.54 Å². The fraction of sp³-hybridized carbons (Fsp3) is 0.875. The summed E-state index contributed by atoms with van der Waals surface area (Å²) in [5, 5.41) is 8.57. The van der Waals surface area contributed by atoms with E-state index in [2.05, 4.69) is 12.2 Å². The van der Waals surface area contributed by atoms with Crippen LogP contribution in [0.25, 0.3) is 0 Å². The van der Waals surface area contributed by atoms with E-state index >= 15 is 0 Å². The molecule has 0 bridgehead atoms. The van der Waals surface area contributed by atoms with Crippen LogP contribution < -0.4 is 5.73 Å². The molecule has 0 aromatic heterocycles. The van der Waals surface area contributed by atoms with E-state index in [1.807, 2.05) is 0 Å². The Kier molecular flexibility index (Phi) is 6.80. The Morgan fingerprint density at radius 2 is 1.82 bits per heavy atom. The van der Waals surface area contributed by atoms with Gasteiger partial charge in [-0.3, -0.25) is 4.90 Å². The fourth-order valence-electron chi connectivity index (χ4n) is 1.21. The summed E-state index contributed by atoms with van der Waals surface area (Å²) in [5.41, 5.74) is 4.93. The summed E-state index contributed by atoms with van der Waals surface area (Å²) in [6.07, 6.45) is -7.47. The average Bonchev–Trinajstić information content (AvgIpc) is 2.10. The second kappa shape index (κ2) is 7.02. The summed E-state index contributed by atoms with van der Waals surface area (Å²) in [6.45, 7) is -2.45. The highest BCUT2D eigenvalue weighted by Crippen LogP contribution is 2.27. The van der Waals surface area contributed by atoms with Crippen molar-refractivity contribution in [2.75, 3.05) is 26.2 Å². The predicted octanol–water partition coefficient (Wildman–Crippen LogP) is 1.01. The highest BCUT2D eigenvalue weighted by atomic mass is 32.1. The van der Waals surface area contributed by atoms with E-state index in [4.69, 9.17) is 10.8 Å². The maximum atomic E-state index is 12.5. The minimum absolute atomic E-state index is 0.292. The molecule has 0 saturated carbocycles. The molecule has 1 atom stereocenters. The number of aliphatic hydroxyl groups is 1. The molecular formula is C8H13F5N2OS. The number of hydrogen-bond donors (Lipinski definition) is 2. The molecule has 1 unspecified atom stereocenters. The van der Waals surface area contributed by atoms with Crippen molar-refractivity contribution in [3.05, 3.63) is 0 Å². The molecule has 0 aromatic rings. The van der Waals surface area contributed by atoms with Gasteiger partial charge in [-0.25, -0.2) is 8.78 Å². The van der Waals surface area contributed by atoms with Crippen LogP contribution in [0.3, 0.4) is 0 Å². The van der Waals surface area contributed by atoms with E-state index in [1.165, 1.54) is 0 Å². The molecule has 3 nitrogen and oxygen atoms in total. The van der Waals surface area contributed by atoms with Crippen LogP contribution >= 0.6 is 12.2 Å². The smallest absolute Gasteiger partial charge is 0.395 e. The highest BCUT2D eigenvalue weighted by molar-refractivity contribution is 7.80. The third-order valence-corrected chi connectivity index (χ3v) is 2.28. The first-order chi connectivity index (χ1) is 7.68. The number of nitrogens with two attached hydrogens (primary N) is 1. The van der Waals surface area contributed by atoms with E-state index in [0.717, 1.165) is 4.90 Å².